The van der Waals surface area contributed by atoms with Crippen molar-refractivity contribution in [2.24, 2.45) is 5.41 Å². The summed E-state index contributed by atoms with van der Waals surface area (Å²) in [6, 6.07) is 9.32. The number of rotatable bonds is 7. The van der Waals surface area contributed by atoms with Gasteiger partial charge in [0, 0.05) is 29.3 Å². The van der Waals surface area contributed by atoms with Crippen molar-refractivity contribution in [2.45, 2.75) is 56.9 Å². The van der Waals surface area contributed by atoms with Crippen molar-refractivity contribution < 1.29 is 31.5 Å². The van der Waals surface area contributed by atoms with E-state index in [1.807, 2.05) is 6.07 Å². The quantitative estimate of drug-likeness (QED) is 0.254. The highest BCUT2D eigenvalue weighted by atomic mass is 32.2. The number of aliphatic carboxylic acids is 1. The number of nitriles is 1. The van der Waals surface area contributed by atoms with Crippen LogP contribution < -0.4 is 5.32 Å². The number of pyridine rings is 1. The van der Waals surface area contributed by atoms with Crippen LogP contribution in [0.2, 0.25) is 0 Å². The molecule has 2 N–H and O–H groups in total. The summed E-state index contributed by atoms with van der Waals surface area (Å²) < 4.78 is 73.0. The van der Waals surface area contributed by atoms with Gasteiger partial charge in [0.1, 0.15) is 17.4 Å². The molecule has 0 spiro atoms. The van der Waals surface area contributed by atoms with Crippen molar-refractivity contribution in [1.82, 2.24) is 8.96 Å². The Labute approximate surface area is 240 Å². The van der Waals surface area contributed by atoms with Crippen LogP contribution in [0.5, 0.6) is 0 Å². The van der Waals surface area contributed by atoms with E-state index >= 15 is 8.78 Å². The highest BCUT2D eigenvalue weighted by Gasteiger charge is 2.46. The highest BCUT2D eigenvalue weighted by molar-refractivity contribution is 7.90. The number of nitrogens with zero attached hydrogens (tertiary/aromatic N) is 3. The van der Waals surface area contributed by atoms with Gasteiger partial charge in [0.15, 0.2) is 17.5 Å². The first-order chi connectivity index (χ1) is 19.9. The summed E-state index contributed by atoms with van der Waals surface area (Å²) in [6.45, 7) is 3.51. The number of benzene rings is 2. The van der Waals surface area contributed by atoms with Crippen LogP contribution in [0.4, 0.5) is 19.0 Å². The summed E-state index contributed by atoms with van der Waals surface area (Å²) >= 11 is 0. The summed E-state index contributed by atoms with van der Waals surface area (Å²) in [5, 5.41) is 22.6. The van der Waals surface area contributed by atoms with Gasteiger partial charge in [0.2, 0.25) is 0 Å². The standard InChI is InChI=1S/C30H27F3N4O4S/c1-3-30(29(38)39)11-5-4-6-25(30)35-28-24(33)12-18(15-34)26(36-28)22-16-37(27-21(22)13-19(31)14-23(27)32)42(40,41)20-9-7-17(2)8-10-20/h7-10,12-14,16,25H,3-6,11H2,1-2H3,(H,35,36)(H,38,39). The SMILES string of the molecule is CCC1(C(=O)O)CCCCC1Nc1nc(-c2cn(S(=O)(=O)c3ccc(C)cc3)c3c(F)cc(F)cc23)c(C#N)cc1F. The second-order valence-electron chi connectivity index (χ2n) is 10.5. The Morgan fingerprint density at radius 1 is 1.17 bits per heavy atom. The van der Waals surface area contributed by atoms with Crippen molar-refractivity contribution in [3.05, 3.63) is 77.2 Å². The second-order valence-corrected chi connectivity index (χ2v) is 12.3. The van der Waals surface area contributed by atoms with Crippen LogP contribution in [0, 0.1) is 41.1 Å². The molecule has 2 aromatic heterocycles. The lowest BCUT2D eigenvalue weighted by Crippen LogP contribution is -2.48. The molecule has 8 nitrogen and oxygen atoms in total. The molecule has 2 unspecified atom stereocenters. The number of hydrogen-bond acceptors (Lipinski definition) is 6. The minimum absolute atomic E-state index is 0.123. The van der Waals surface area contributed by atoms with E-state index in [1.54, 1.807) is 26.0 Å². The first-order valence-corrected chi connectivity index (χ1v) is 14.8. The summed E-state index contributed by atoms with van der Waals surface area (Å²) in [5.74, 6) is -4.46. The maximum Gasteiger partial charge on any atom is 0.311 e. The van der Waals surface area contributed by atoms with Crippen LogP contribution in [-0.2, 0) is 14.8 Å². The third kappa shape index (κ3) is 4.77. The van der Waals surface area contributed by atoms with Gasteiger partial charge in [-0.25, -0.2) is 30.5 Å². The molecule has 2 heterocycles. The molecule has 4 aromatic rings. The van der Waals surface area contributed by atoms with Crippen molar-refractivity contribution in [1.29, 1.82) is 5.26 Å². The molecule has 0 aliphatic heterocycles. The van der Waals surface area contributed by atoms with Crippen molar-refractivity contribution in [3.8, 4) is 17.3 Å². The maximum absolute atomic E-state index is 15.3. The molecular formula is C30H27F3N4O4S. The molecule has 1 aliphatic carbocycles. The predicted molar refractivity (Wildman–Crippen MR) is 150 cm³/mol. The molecule has 12 heteroatoms. The Balaban J connectivity index is 1.72. The molecule has 42 heavy (non-hydrogen) atoms. The van der Waals surface area contributed by atoms with Crippen LogP contribution in [0.3, 0.4) is 0 Å². The summed E-state index contributed by atoms with van der Waals surface area (Å²) in [7, 11) is -4.41. The zero-order valence-electron chi connectivity index (χ0n) is 22.8. The van der Waals surface area contributed by atoms with E-state index in [1.165, 1.54) is 12.1 Å². The van der Waals surface area contributed by atoms with Crippen molar-refractivity contribution in [3.63, 3.8) is 0 Å². The Morgan fingerprint density at radius 2 is 1.88 bits per heavy atom. The lowest BCUT2D eigenvalue weighted by atomic mass is 9.68. The van der Waals surface area contributed by atoms with E-state index in [0.717, 1.165) is 23.9 Å². The number of anilines is 1. The molecule has 5 rings (SSSR count). The van der Waals surface area contributed by atoms with Gasteiger partial charge < -0.3 is 10.4 Å². The molecule has 0 saturated heterocycles. The predicted octanol–water partition coefficient (Wildman–Crippen LogP) is 6.37. The molecule has 218 valence electrons. The van der Waals surface area contributed by atoms with Crippen LogP contribution in [0.1, 0.15) is 50.2 Å². The normalized spacial score (nSPS) is 19.0. The van der Waals surface area contributed by atoms with E-state index in [9.17, 15) is 28.0 Å². The number of hydrogen-bond donors (Lipinski definition) is 2. The Kier molecular flexibility index (Phi) is 7.49. The van der Waals surface area contributed by atoms with Gasteiger partial charge >= 0.3 is 5.97 Å². The molecule has 1 saturated carbocycles. The number of carbonyl (C=O) groups is 1. The zero-order valence-corrected chi connectivity index (χ0v) is 23.6. The number of carboxylic acid groups (broad SMARTS) is 1. The number of aryl methyl sites for hydroxylation is 1. The van der Waals surface area contributed by atoms with E-state index in [0.29, 0.717) is 35.7 Å². The number of carboxylic acids is 1. The zero-order chi connectivity index (χ0) is 30.4. The number of aromatic nitrogens is 2. The van der Waals surface area contributed by atoms with Gasteiger partial charge in [-0.1, -0.05) is 37.5 Å². The molecule has 0 radical (unpaired) electrons. The smallest absolute Gasteiger partial charge is 0.311 e. The molecule has 0 bridgehead atoms. The molecular weight excluding hydrogens is 569 g/mol. The van der Waals surface area contributed by atoms with Crippen LogP contribution in [0.25, 0.3) is 22.2 Å². The lowest BCUT2D eigenvalue weighted by Gasteiger charge is -2.40. The Hall–Kier alpha value is -4.37. The number of nitrogens with one attached hydrogen (secondary N) is 1. The maximum atomic E-state index is 15.3. The van der Waals surface area contributed by atoms with Crippen LogP contribution in [0.15, 0.2) is 53.6 Å². The highest BCUT2D eigenvalue weighted by Crippen LogP contribution is 2.42. The average molecular weight is 597 g/mol. The van der Waals surface area contributed by atoms with Crippen LogP contribution >= 0.6 is 0 Å². The molecule has 2 aromatic carbocycles. The average Bonchev–Trinajstić information content (AvgIpc) is 3.34. The van der Waals surface area contributed by atoms with Gasteiger partial charge in [-0.3, -0.25) is 4.79 Å². The third-order valence-corrected chi connectivity index (χ3v) is 9.79. The fraction of sp³-hybridized carbons (Fsp3) is 0.300. The van der Waals surface area contributed by atoms with Gasteiger partial charge in [-0.2, -0.15) is 5.26 Å². The fourth-order valence-corrected chi connectivity index (χ4v) is 7.15. The Morgan fingerprint density at radius 3 is 2.52 bits per heavy atom. The minimum atomic E-state index is -4.41. The monoisotopic (exact) mass is 596 g/mol. The number of fused-ring (bicyclic) bond motifs is 1. The van der Waals surface area contributed by atoms with E-state index in [-0.39, 0.29) is 39.3 Å². The molecule has 1 fully saturated rings. The largest absolute Gasteiger partial charge is 0.481 e. The van der Waals surface area contributed by atoms with Gasteiger partial charge in [0.05, 0.1) is 21.6 Å². The fourth-order valence-electron chi connectivity index (χ4n) is 5.77. The summed E-state index contributed by atoms with van der Waals surface area (Å²) in [6.07, 6.45) is 3.53. The third-order valence-electron chi connectivity index (χ3n) is 8.11. The van der Waals surface area contributed by atoms with E-state index in [2.05, 4.69) is 10.3 Å². The van der Waals surface area contributed by atoms with Crippen LogP contribution in [-0.4, -0.2) is 34.5 Å². The van der Waals surface area contributed by atoms with Gasteiger partial charge in [0.25, 0.3) is 10.0 Å². The summed E-state index contributed by atoms with van der Waals surface area (Å²) in [5.41, 5.74) is -1.50. The number of halogens is 3. The molecule has 1 aliphatic rings. The summed E-state index contributed by atoms with van der Waals surface area (Å²) in [4.78, 5) is 16.4. The van der Waals surface area contributed by atoms with Crippen molar-refractivity contribution >= 4 is 32.7 Å². The second kappa shape index (κ2) is 10.8. The lowest BCUT2D eigenvalue weighted by molar-refractivity contribution is -0.152. The minimum Gasteiger partial charge on any atom is -0.481 e. The van der Waals surface area contributed by atoms with E-state index in [4.69, 9.17) is 0 Å². The molecule has 2 atom stereocenters. The first kappa shape index (κ1) is 29.1. The van der Waals surface area contributed by atoms with E-state index < -0.39 is 50.4 Å². The van der Waals surface area contributed by atoms with Crippen molar-refractivity contribution in [2.75, 3.05) is 5.32 Å². The van der Waals surface area contributed by atoms with Gasteiger partial charge in [-0.15, -0.1) is 0 Å². The Bertz CT molecular complexity index is 1870. The molecule has 0 amide bonds. The van der Waals surface area contributed by atoms with Gasteiger partial charge in [-0.05, 0) is 50.5 Å². The topological polar surface area (TPSA) is 125 Å². The first-order valence-electron chi connectivity index (χ1n) is 13.4.